The first-order chi connectivity index (χ1) is 34.6. The quantitative estimate of drug-likeness (QED) is 0.185. The number of nitrogens with zero attached hydrogens (tertiary/aromatic N) is 13. The number of anilines is 4. The molecule has 4 aromatic heterocycles. The van der Waals surface area contributed by atoms with Gasteiger partial charge in [0.05, 0.1) is 34.6 Å². The van der Waals surface area contributed by atoms with Crippen LogP contribution in [-0.2, 0) is 31.1 Å². The number of piperazine rings is 2. The molecule has 5 aromatic rings. The SMILES string of the molecule is CC(C)(C1CCN(C(=O)COC(=O)N2CCN(c3cnc(-c4c(-c5nn(C(C)(C)C)c6ncnc(N)c56)noc4C4CC4)nc3)CC2)CC1)N1CCN(c2cccc3c2CCN3C2CCC(=O)NC2=O)CC1. The lowest BCUT2D eigenvalue weighted by molar-refractivity contribution is -0.137. The Morgan fingerprint density at radius 1 is 0.792 bits per heavy atom. The van der Waals surface area contributed by atoms with Crippen molar-refractivity contribution >= 4 is 57.7 Å². The van der Waals surface area contributed by atoms with Crippen molar-refractivity contribution in [3.05, 3.63) is 48.2 Å². The third-order valence-corrected chi connectivity index (χ3v) is 16.0. The normalized spacial score (nSPS) is 20.6. The minimum Gasteiger partial charge on any atom is -0.439 e. The van der Waals surface area contributed by atoms with E-state index in [4.69, 9.17) is 30.1 Å². The fourth-order valence-electron chi connectivity index (χ4n) is 11.6. The molecule has 5 aliphatic heterocycles. The van der Waals surface area contributed by atoms with Gasteiger partial charge in [-0.25, -0.2) is 29.4 Å². The van der Waals surface area contributed by atoms with Crippen molar-refractivity contribution in [2.24, 2.45) is 5.92 Å². The van der Waals surface area contributed by atoms with Crippen LogP contribution in [0.1, 0.15) is 90.4 Å². The number of rotatable bonds is 10. The lowest BCUT2D eigenvalue weighted by Crippen LogP contribution is -2.59. The van der Waals surface area contributed by atoms with Crippen molar-refractivity contribution in [2.45, 2.75) is 103 Å². The van der Waals surface area contributed by atoms with E-state index in [9.17, 15) is 19.2 Å². The number of carbonyl (C=O) groups is 4. The summed E-state index contributed by atoms with van der Waals surface area (Å²) in [5.74, 6) is 1.58. The van der Waals surface area contributed by atoms with Crippen LogP contribution in [0.25, 0.3) is 33.8 Å². The van der Waals surface area contributed by atoms with E-state index in [1.165, 1.54) is 17.6 Å². The van der Waals surface area contributed by atoms with Crippen molar-refractivity contribution < 1.29 is 28.4 Å². The second-order valence-corrected chi connectivity index (χ2v) is 21.7. The lowest BCUT2D eigenvalue weighted by Gasteiger charge is -2.50. The molecular weight excluding hydrogens is 919 g/mol. The second kappa shape index (κ2) is 18.6. The first-order valence-electron chi connectivity index (χ1n) is 25.6. The van der Waals surface area contributed by atoms with E-state index in [0.717, 1.165) is 82.0 Å². The second-order valence-electron chi connectivity index (χ2n) is 21.7. The Morgan fingerprint density at radius 3 is 2.19 bits per heavy atom. The monoisotopic (exact) mass is 984 g/mol. The van der Waals surface area contributed by atoms with E-state index in [-0.39, 0.29) is 41.8 Å². The van der Waals surface area contributed by atoms with E-state index in [0.29, 0.717) is 97.7 Å². The Hall–Kier alpha value is -6.90. The summed E-state index contributed by atoms with van der Waals surface area (Å²) in [5, 5.41) is 12.6. The summed E-state index contributed by atoms with van der Waals surface area (Å²) in [6, 6.07) is 6.10. The van der Waals surface area contributed by atoms with Gasteiger partial charge in [0, 0.05) is 107 Å². The summed E-state index contributed by atoms with van der Waals surface area (Å²) in [6.07, 6.45) is 10.1. The molecule has 4 saturated heterocycles. The summed E-state index contributed by atoms with van der Waals surface area (Å²) < 4.78 is 13.4. The fraction of sp³-hybridized carbons (Fsp3) is 0.569. The highest BCUT2D eigenvalue weighted by atomic mass is 16.6. The molecule has 0 bridgehead atoms. The first-order valence-corrected chi connectivity index (χ1v) is 25.6. The molecule has 4 amide bonds. The Morgan fingerprint density at radius 2 is 1.50 bits per heavy atom. The van der Waals surface area contributed by atoms with Crippen molar-refractivity contribution in [1.29, 1.82) is 0 Å². The van der Waals surface area contributed by atoms with Crippen LogP contribution in [0, 0.1) is 5.92 Å². The number of benzene rings is 1. The van der Waals surface area contributed by atoms with Crippen molar-refractivity contribution in [3.8, 4) is 22.8 Å². The summed E-state index contributed by atoms with van der Waals surface area (Å²) in [6.45, 7) is 18.2. The fourth-order valence-corrected chi connectivity index (χ4v) is 11.6. The Balaban J connectivity index is 0.645. The predicted octanol–water partition coefficient (Wildman–Crippen LogP) is 4.42. The van der Waals surface area contributed by atoms with Gasteiger partial charge in [-0.2, -0.15) is 5.10 Å². The molecule has 1 atom stereocenters. The van der Waals surface area contributed by atoms with Crippen molar-refractivity contribution in [2.75, 3.05) is 99.0 Å². The predicted molar refractivity (Wildman–Crippen MR) is 269 cm³/mol. The summed E-state index contributed by atoms with van der Waals surface area (Å²) in [5.41, 5.74) is 12.7. The summed E-state index contributed by atoms with van der Waals surface area (Å²) in [7, 11) is 0. The zero-order valence-electron chi connectivity index (χ0n) is 42.0. The number of carbonyl (C=O) groups excluding carboxylic acids is 4. The van der Waals surface area contributed by atoms with Gasteiger partial charge in [-0.3, -0.25) is 24.6 Å². The number of amides is 4. The Labute approximate surface area is 418 Å². The molecule has 3 N–H and O–H groups in total. The van der Waals surface area contributed by atoms with Gasteiger partial charge in [0.2, 0.25) is 11.8 Å². The average Bonchev–Trinajstić information content (AvgIpc) is 3.77. The minimum absolute atomic E-state index is 0.0510. The molecule has 21 heteroatoms. The molecule has 0 radical (unpaired) electrons. The molecule has 9 heterocycles. The zero-order chi connectivity index (χ0) is 50.1. The van der Waals surface area contributed by atoms with E-state index in [1.807, 2.05) is 30.4 Å². The van der Waals surface area contributed by atoms with Crippen molar-refractivity contribution in [1.82, 2.24) is 54.9 Å². The van der Waals surface area contributed by atoms with Gasteiger partial charge in [-0.05, 0) is 91.2 Å². The molecular formula is C51H65N15O6. The highest BCUT2D eigenvalue weighted by Gasteiger charge is 2.42. The van der Waals surface area contributed by atoms with Crippen LogP contribution in [0.3, 0.4) is 0 Å². The highest BCUT2D eigenvalue weighted by Crippen LogP contribution is 2.48. The standard InChI is InChI=1S/C51H65N15O6/c1-50(2,3)66-47-41(45(52)55-30-56-47)42(58-66)43-40(44(72-59-43)31-9-10-31)46-53-27-33(28-54-46)60-19-21-63(22-20-60)49(70)71-29-39(68)62-16-13-32(14-17-62)51(4,5)64-25-23-61(24-26-64)35-7-6-8-36-34(35)15-18-65(36)37-11-12-38(67)57-48(37)69/h6-8,27-28,30-32,37H,9-26,29H2,1-5H3,(H2,52,55,56)(H,57,67,69). The number of hydrogen-bond acceptors (Lipinski definition) is 17. The number of ether oxygens (including phenoxy) is 1. The third kappa shape index (κ3) is 8.82. The topological polar surface area (TPSA) is 230 Å². The molecule has 0 spiro atoms. The largest absolute Gasteiger partial charge is 0.439 e. The maximum atomic E-state index is 13.4. The number of fused-ring (bicyclic) bond motifs is 2. The molecule has 1 saturated carbocycles. The van der Waals surface area contributed by atoms with Crippen LogP contribution in [0.4, 0.5) is 27.7 Å². The van der Waals surface area contributed by atoms with E-state index in [1.54, 1.807) is 17.3 Å². The smallest absolute Gasteiger partial charge is 0.410 e. The molecule has 72 heavy (non-hydrogen) atoms. The number of likely N-dealkylation sites (tertiary alicyclic amines) is 1. The number of nitrogens with two attached hydrogens (primary N) is 1. The van der Waals surface area contributed by atoms with E-state index >= 15 is 0 Å². The van der Waals surface area contributed by atoms with E-state index < -0.39 is 11.6 Å². The molecule has 1 aromatic carbocycles. The van der Waals surface area contributed by atoms with Gasteiger partial charge < -0.3 is 39.5 Å². The minimum atomic E-state index is -0.489. The van der Waals surface area contributed by atoms with Gasteiger partial charge in [0.15, 0.2) is 23.8 Å². The van der Waals surface area contributed by atoms with Crippen LogP contribution < -0.4 is 25.8 Å². The summed E-state index contributed by atoms with van der Waals surface area (Å²) in [4.78, 5) is 82.5. The van der Waals surface area contributed by atoms with Crippen molar-refractivity contribution in [3.63, 3.8) is 0 Å². The molecule has 1 aliphatic carbocycles. The molecule has 11 rings (SSSR count). The maximum absolute atomic E-state index is 13.4. The van der Waals surface area contributed by atoms with Crippen LogP contribution >= 0.6 is 0 Å². The lowest BCUT2D eigenvalue weighted by atomic mass is 9.78. The first kappa shape index (κ1) is 47.4. The average molecular weight is 984 g/mol. The van der Waals surface area contributed by atoms with Gasteiger partial charge in [0.25, 0.3) is 5.91 Å². The molecule has 1 unspecified atom stereocenters. The van der Waals surface area contributed by atoms with Gasteiger partial charge in [-0.15, -0.1) is 0 Å². The molecule has 5 fully saturated rings. The Bertz CT molecular complexity index is 2880. The Kier molecular flexibility index (Phi) is 12.3. The van der Waals surface area contributed by atoms with E-state index in [2.05, 4.69) is 72.1 Å². The number of imide groups is 1. The van der Waals surface area contributed by atoms with Gasteiger partial charge >= 0.3 is 6.09 Å². The van der Waals surface area contributed by atoms with Crippen LogP contribution in [0.2, 0.25) is 0 Å². The van der Waals surface area contributed by atoms with Crippen LogP contribution in [-0.4, -0.2) is 164 Å². The number of aromatic nitrogens is 7. The highest BCUT2D eigenvalue weighted by molar-refractivity contribution is 6.02. The third-order valence-electron chi connectivity index (χ3n) is 16.0. The molecule has 6 aliphatic rings. The zero-order valence-corrected chi connectivity index (χ0v) is 42.0. The van der Waals surface area contributed by atoms with Crippen LogP contribution in [0.15, 0.2) is 41.4 Å². The van der Waals surface area contributed by atoms with Crippen LogP contribution in [0.5, 0.6) is 0 Å². The number of piperidine rings is 2. The van der Waals surface area contributed by atoms with Gasteiger partial charge in [-0.1, -0.05) is 11.2 Å². The van der Waals surface area contributed by atoms with Gasteiger partial charge in [0.1, 0.15) is 29.6 Å². The maximum Gasteiger partial charge on any atom is 0.410 e. The number of nitrogen functional groups attached to an aromatic ring is 1. The number of nitrogens with one attached hydrogen (secondary N) is 1. The molecule has 21 nitrogen and oxygen atoms in total. The number of hydrogen-bond donors (Lipinski definition) is 2. The molecule has 380 valence electrons. The summed E-state index contributed by atoms with van der Waals surface area (Å²) >= 11 is 0.